The fourth-order valence-electron chi connectivity index (χ4n) is 1.35. The highest BCUT2D eigenvalue weighted by molar-refractivity contribution is 7.10. The first-order valence-electron chi connectivity index (χ1n) is 4.98. The Morgan fingerprint density at radius 1 is 1.69 bits per heavy atom. The van der Waals surface area contributed by atoms with Gasteiger partial charge < -0.3 is 5.11 Å². The Balaban J connectivity index is 2.56. The first-order chi connectivity index (χ1) is 7.54. The van der Waals surface area contributed by atoms with E-state index >= 15 is 0 Å². The number of thiophene rings is 1. The highest BCUT2D eigenvalue weighted by atomic mass is 32.1. The molecule has 0 saturated carbocycles. The number of rotatable bonds is 5. The van der Waals surface area contributed by atoms with Crippen molar-refractivity contribution in [2.24, 2.45) is 5.92 Å². The van der Waals surface area contributed by atoms with Gasteiger partial charge in [0.05, 0.1) is 5.56 Å². The maximum Gasteiger partial charge on any atom is 0.320 e. The molecule has 0 aliphatic rings. The lowest BCUT2D eigenvalue weighted by Crippen LogP contribution is -2.40. The van der Waals surface area contributed by atoms with E-state index < -0.39 is 12.0 Å². The van der Waals surface area contributed by atoms with Gasteiger partial charge in [-0.3, -0.25) is 10.1 Å². The molecule has 4 nitrogen and oxygen atoms in total. The van der Waals surface area contributed by atoms with Crippen LogP contribution in [0, 0.1) is 17.2 Å². The third kappa shape index (κ3) is 3.33. The maximum atomic E-state index is 10.9. The van der Waals surface area contributed by atoms with Gasteiger partial charge in [-0.25, -0.2) is 0 Å². The number of carboxylic acids is 1. The molecule has 0 aromatic carbocycles. The van der Waals surface area contributed by atoms with E-state index in [1.807, 2.05) is 19.9 Å². The molecule has 0 radical (unpaired) electrons. The number of nitriles is 1. The van der Waals surface area contributed by atoms with Crippen LogP contribution in [0.15, 0.2) is 11.4 Å². The van der Waals surface area contributed by atoms with Gasteiger partial charge in [0.15, 0.2) is 0 Å². The lowest BCUT2D eigenvalue weighted by molar-refractivity contribution is -0.140. The fourth-order valence-corrected chi connectivity index (χ4v) is 2.11. The minimum Gasteiger partial charge on any atom is -0.480 e. The van der Waals surface area contributed by atoms with Crippen LogP contribution >= 0.6 is 11.3 Å². The third-order valence-corrected chi connectivity index (χ3v) is 3.15. The van der Waals surface area contributed by atoms with Crippen LogP contribution in [0.1, 0.15) is 24.3 Å². The van der Waals surface area contributed by atoms with Gasteiger partial charge in [0.25, 0.3) is 0 Å². The van der Waals surface area contributed by atoms with E-state index in [9.17, 15) is 4.79 Å². The van der Waals surface area contributed by atoms with E-state index in [0.29, 0.717) is 12.1 Å². The van der Waals surface area contributed by atoms with Crippen LogP contribution in [0.2, 0.25) is 0 Å². The molecule has 1 rings (SSSR count). The van der Waals surface area contributed by atoms with Gasteiger partial charge in [-0.15, -0.1) is 11.3 Å². The first kappa shape index (κ1) is 12.7. The van der Waals surface area contributed by atoms with Gasteiger partial charge >= 0.3 is 5.97 Å². The Kier molecular flexibility index (Phi) is 4.47. The van der Waals surface area contributed by atoms with Crippen LogP contribution in [0.4, 0.5) is 0 Å². The normalized spacial score (nSPS) is 12.4. The Labute approximate surface area is 98.5 Å². The molecule has 0 fully saturated rings. The number of nitrogens with one attached hydrogen (secondary N) is 1. The van der Waals surface area contributed by atoms with Crippen molar-refractivity contribution in [3.05, 3.63) is 21.9 Å². The summed E-state index contributed by atoms with van der Waals surface area (Å²) in [6, 6.07) is 3.27. The minimum absolute atomic E-state index is 0.0351. The average molecular weight is 238 g/mol. The van der Waals surface area contributed by atoms with Crippen molar-refractivity contribution in [3.63, 3.8) is 0 Å². The molecule has 1 aromatic rings. The quantitative estimate of drug-likeness (QED) is 0.820. The van der Waals surface area contributed by atoms with E-state index in [2.05, 4.69) is 5.32 Å². The van der Waals surface area contributed by atoms with E-state index in [0.717, 1.165) is 4.88 Å². The number of nitrogens with zero attached hydrogens (tertiary/aromatic N) is 1. The van der Waals surface area contributed by atoms with Crippen molar-refractivity contribution in [2.45, 2.75) is 26.4 Å². The van der Waals surface area contributed by atoms with Crippen LogP contribution in [0.25, 0.3) is 0 Å². The second-order valence-electron chi connectivity index (χ2n) is 3.85. The Morgan fingerprint density at radius 2 is 2.38 bits per heavy atom. The smallest absolute Gasteiger partial charge is 0.320 e. The van der Waals surface area contributed by atoms with E-state index in [1.54, 1.807) is 11.4 Å². The number of aliphatic carboxylic acids is 1. The summed E-state index contributed by atoms with van der Waals surface area (Å²) in [6.07, 6.45) is 0. The lowest BCUT2D eigenvalue weighted by Gasteiger charge is -2.17. The monoisotopic (exact) mass is 238 g/mol. The van der Waals surface area contributed by atoms with Crippen LogP contribution < -0.4 is 5.32 Å². The predicted octanol–water partition coefficient (Wildman–Crippen LogP) is 1.82. The molecule has 0 spiro atoms. The molecule has 1 heterocycles. The molecule has 0 bridgehead atoms. The SMILES string of the molecule is CC(C)C(NCc1cc(C#N)cs1)C(=O)O. The molecule has 0 saturated heterocycles. The molecular weight excluding hydrogens is 224 g/mol. The van der Waals surface area contributed by atoms with Gasteiger partial charge in [0.1, 0.15) is 12.1 Å². The molecule has 1 atom stereocenters. The van der Waals surface area contributed by atoms with Crippen LogP contribution in [0.3, 0.4) is 0 Å². The molecule has 16 heavy (non-hydrogen) atoms. The molecule has 1 unspecified atom stereocenters. The topological polar surface area (TPSA) is 73.1 Å². The molecule has 86 valence electrons. The summed E-state index contributed by atoms with van der Waals surface area (Å²) in [6.45, 7) is 4.21. The maximum absolute atomic E-state index is 10.9. The average Bonchev–Trinajstić information content (AvgIpc) is 2.65. The molecule has 5 heteroatoms. The summed E-state index contributed by atoms with van der Waals surface area (Å²) in [5.41, 5.74) is 0.623. The second kappa shape index (κ2) is 5.64. The molecule has 1 aromatic heterocycles. The molecular formula is C11H14N2O2S. The zero-order valence-corrected chi connectivity index (χ0v) is 10.0. The predicted molar refractivity (Wildman–Crippen MR) is 62.1 cm³/mol. The highest BCUT2D eigenvalue weighted by Gasteiger charge is 2.20. The van der Waals surface area contributed by atoms with Gasteiger partial charge in [0, 0.05) is 16.8 Å². The van der Waals surface area contributed by atoms with Crippen molar-refractivity contribution in [1.82, 2.24) is 5.32 Å². The highest BCUT2D eigenvalue weighted by Crippen LogP contribution is 2.14. The van der Waals surface area contributed by atoms with Gasteiger partial charge in [-0.1, -0.05) is 13.8 Å². The summed E-state index contributed by atoms with van der Waals surface area (Å²) in [5, 5.41) is 22.3. The zero-order valence-electron chi connectivity index (χ0n) is 9.23. The molecule has 2 N–H and O–H groups in total. The van der Waals surface area contributed by atoms with E-state index in [-0.39, 0.29) is 5.92 Å². The van der Waals surface area contributed by atoms with Crippen molar-refractivity contribution in [2.75, 3.05) is 0 Å². The number of carbonyl (C=O) groups is 1. The molecule has 0 amide bonds. The lowest BCUT2D eigenvalue weighted by atomic mass is 10.1. The van der Waals surface area contributed by atoms with Gasteiger partial charge in [-0.05, 0) is 12.0 Å². The van der Waals surface area contributed by atoms with Gasteiger partial charge in [0.2, 0.25) is 0 Å². The van der Waals surface area contributed by atoms with Crippen molar-refractivity contribution in [3.8, 4) is 6.07 Å². The van der Waals surface area contributed by atoms with Crippen molar-refractivity contribution < 1.29 is 9.90 Å². The van der Waals surface area contributed by atoms with Gasteiger partial charge in [-0.2, -0.15) is 5.26 Å². The first-order valence-corrected chi connectivity index (χ1v) is 5.86. The summed E-state index contributed by atoms with van der Waals surface area (Å²) < 4.78 is 0. The van der Waals surface area contributed by atoms with E-state index in [1.165, 1.54) is 11.3 Å². The third-order valence-electron chi connectivity index (χ3n) is 2.21. The summed E-state index contributed by atoms with van der Waals surface area (Å²) >= 11 is 1.46. The standard InChI is InChI=1S/C11H14N2O2S/c1-7(2)10(11(14)15)13-5-9-3-8(4-12)6-16-9/h3,6-7,10,13H,5H2,1-2H3,(H,14,15). The molecule has 0 aliphatic carbocycles. The molecule has 0 aliphatic heterocycles. The second-order valence-corrected chi connectivity index (χ2v) is 4.85. The summed E-state index contributed by atoms with van der Waals surface area (Å²) in [4.78, 5) is 11.9. The number of hydrogen-bond donors (Lipinski definition) is 2. The fraction of sp³-hybridized carbons (Fsp3) is 0.455. The van der Waals surface area contributed by atoms with Crippen molar-refractivity contribution >= 4 is 17.3 Å². The summed E-state index contributed by atoms with van der Waals surface area (Å²) in [7, 11) is 0. The minimum atomic E-state index is -0.841. The van der Waals surface area contributed by atoms with Crippen LogP contribution in [-0.4, -0.2) is 17.1 Å². The van der Waals surface area contributed by atoms with Crippen molar-refractivity contribution in [1.29, 1.82) is 5.26 Å². The Morgan fingerprint density at radius 3 is 2.81 bits per heavy atom. The van der Waals surface area contributed by atoms with Crippen LogP contribution in [-0.2, 0) is 11.3 Å². The Bertz CT molecular complexity index is 406. The number of hydrogen-bond acceptors (Lipinski definition) is 4. The number of carboxylic acid groups (broad SMARTS) is 1. The largest absolute Gasteiger partial charge is 0.480 e. The Hall–Kier alpha value is -1.38. The summed E-state index contributed by atoms with van der Waals surface area (Å²) in [5.74, 6) is -0.806. The van der Waals surface area contributed by atoms with Crippen LogP contribution in [0.5, 0.6) is 0 Å². The van der Waals surface area contributed by atoms with E-state index in [4.69, 9.17) is 10.4 Å². The zero-order chi connectivity index (χ0) is 12.1.